The molecule has 2 aromatic carbocycles. The molecule has 0 spiro atoms. The second-order valence-electron chi connectivity index (χ2n) is 4.09. The first-order valence-electron chi connectivity index (χ1n) is 6.04. The number of anilines is 2. The molecule has 0 saturated heterocycles. The van der Waals surface area contributed by atoms with Gasteiger partial charge in [-0.3, -0.25) is 10.9 Å². The third-order valence-electron chi connectivity index (χ3n) is 2.58. The molecular formula is C15H11N5O. The molecular weight excluding hydrogens is 266 g/mol. The zero-order valence-electron chi connectivity index (χ0n) is 10.9. The molecule has 0 aromatic heterocycles. The quantitative estimate of drug-likeness (QED) is 0.750. The Labute approximate surface area is 121 Å². The van der Waals surface area contributed by atoms with Gasteiger partial charge in [0.05, 0.1) is 29.0 Å². The van der Waals surface area contributed by atoms with Crippen LogP contribution < -0.4 is 16.2 Å². The maximum absolute atomic E-state index is 11.7. The van der Waals surface area contributed by atoms with E-state index < -0.39 is 6.03 Å². The second kappa shape index (κ2) is 6.60. The molecule has 0 atom stereocenters. The van der Waals surface area contributed by atoms with E-state index in [1.807, 2.05) is 12.1 Å². The van der Waals surface area contributed by atoms with E-state index >= 15 is 0 Å². The lowest BCUT2D eigenvalue weighted by molar-refractivity contribution is 0.254. The molecule has 6 nitrogen and oxygen atoms in total. The van der Waals surface area contributed by atoms with Gasteiger partial charge in [-0.2, -0.15) is 10.5 Å². The van der Waals surface area contributed by atoms with Gasteiger partial charge >= 0.3 is 6.03 Å². The molecule has 0 radical (unpaired) electrons. The number of hydrazine groups is 1. The summed E-state index contributed by atoms with van der Waals surface area (Å²) in [5.74, 6) is 0. The number of carbonyl (C=O) groups excluding carboxylic acids is 1. The predicted molar refractivity (Wildman–Crippen MR) is 78.1 cm³/mol. The van der Waals surface area contributed by atoms with Crippen LogP contribution >= 0.6 is 0 Å². The highest BCUT2D eigenvalue weighted by molar-refractivity contribution is 5.90. The molecule has 102 valence electrons. The van der Waals surface area contributed by atoms with Crippen LogP contribution in [0.25, 0.3) is 0 Å². The van der Waals surface area contributed by atoms with Gasteiger partial charge in [-0.05, 0) is 42.5 Å². The predicted octanol–water partition coefficient (Wildman–Crippen LogP) is 2.58. The van der Waals surface area contributed by atoms with E-state index in [1.165, 1.54) is 0 Å². The Bertz CT molecular complexity index is 725. The summed E-state index contributed by atoms with van der Waals surface area (Å²) in [6.07, 6.45) is 0. The summed E-state index contributed by atoms with van der Waals surface area (Å²) in [6, 6.07) is 16.8. The van der Waals surface area contributed by atoms with Crippen LogP contribution in [0.15, 0.2) is 48.5 Å². The molecule has 21 heavy (non-hydrogen) atoms. The molecule has 0 saturated carbocycles. The van der Waals surface area contributed by atoms with Crippen molar-refractivity contribution in [1.82, 2.24) is 5.43 Å². The number of amides is 2. The largest absolute Gasteiger partial charge is 0.337 e. The van der Waals surface area contributed by atoms with Crippen molar-refractivity contribution in [2.75, 3.05) is 10.7 Å². The summed E-state index contributed by atoms with van der Waals surface area (Å²) in [7, 11) is 0. The molecule has 0 heterocycles. The monoisotopic (exact) mass is 277 g/mol. The third-order valence-corrected chi connectivity index (χ3v) is 2.58. The topological polar surface area (TPSA) is 101 Å². The second-order valence-corrected chi connectivity index (χ2v) is 4.09. The highest BCUT2D eigenvalue weighted by Gasteiger charge is 2.01. The molecule has 3 N–H and O–H groups in total. The average Bonchev–Trinajstić information content (AvgIpc) is 2.54. The fourth-order valence-electron chi connectivity index (χ4n) is 1.59. The number of hydrogen-bond donors (Lipinski definition) is 3. The lowest BCUT2D eigenvalue weighted by Gasteiger charge is -2.10. The van der Waals surface area contributed by atoms with E-state index in [1.54, 1.807) is 48.5 Å². The minimum absolute atomic E-state index is 0.456. The van der Waals surface area contributed by atoms with Gasteiger partial charge in [0.1, 0.15) is 0 Å². The molecule has 2 aromatic rings. The minimum atomic E-state index is -0.456. The first-order chi connectivity index (χ1) is 10.2. The van der Waals surface area contributed by atoms with Gasteiger partial charge in [-0.15, -0.1) is 0 Å². The molecule has 0 aliphatic heterocycles. The van der Waals surface area contributed by atoms with E-state index in [4.69, 9.17) is 10.5 Å². The summed E-state index contributed by atoms with van der Waals surface area (Å²) in [4.78, 5) is 11.7. The Morgan fingerprint density at radius 2 is 1.62 bits per heavy atom. The van der Waals surface area contributed by atoms with Gasteiger partial charge in [0, 0.05) is 5.69 Å². The van der Waals surface area contributed by atoms with Crippen LogP contribution in [0.1, 0.15) is 11.1 Å². The Kier molecular flexibility index (Phi) is 4.37. The van der Waals surface area contributed by atoms with Gasteiger partial charge < -0.3 is 5.32 Å². The first-order valence-corrected chi connectivity index (χ1v) is 6.04. The smallest absolute Gasteiger partial charge is 0.307 e. The number of hydrogen-bond acceptors (Lipinski definition) is 4. The molecule has 0 unspecified atom stereocenters. The van der Waals surface area contributed by atoms with E-state index in [-0.39, 0.29) is 0 Å². The summed E-state index contributed by atoms with van der Waals surface area (Å²) in [5, 5.41) is 20.1. The summed E-state index contributed by atoms with van der Waals surface area (Å²) in [5.41, 5.74) is 7.33. The number of nitrogens with zero attached hydrogens (tertiary/aromatic N) is 2. The highest BCUT2D eigenvalue weighted by Crippen LogP contribution is 2.10. The van der Waals surface area contributed by atoms with E-state index in [2.05, 4.69) is 16.2 Å². The van der Waals surface area contributed by atoms with Gasteiger partial charge in [0.15, 0.2) is 0 Å². The molecule has 2 amide bonds. The summed E-state index contributed by atoms with van der Waals surface area (Å²) in [6.45, 7) is 0. The standard InChI is InChI=1S/C15H11N5O/c16-9-11-4-6-13(7-5-11)18-15(21)20-19-14-3-1-2-12(8-14)10-17/h1-8,19H,(H2,18,20,21). The summed E-state index contributed by atoms with van der Waals surface area (Å²) < 4.78 is 0. The lowest BCUT2D eigenvalue weighted by atomic mass is 10.2. The van der Waals surface area contributed by atoms with Crippen molar-refractivity contribution in [2.24, 2.45) is 0 Å². The van der Waals surface area contributed by atoms with Crippen LogP contribution in [-0.4, -0.2) is 6.03 Å². The van der Waals surface area contributed by atoms with Crippen molar-refractivity contribution in [2.45, 2.75) is 0 Å². The molecule has 2 rings (SSSR count). The van der Waals surface area contributed by atoms with Crippen molar-refractivity contribution >= 4 is 17.4 Å². The van der Waals surface area contributed by atoms with Crippen LogP contribution in [0, 0.1) is 22.7 Å². The van der Waals surface area contributed by atoms with Gasteiger partial charge in [0.2, 0.25) is 0 Å². The van der Waals surface area contributed by atoms with E-state index in [9.17, 15) is 4.79 Å². The van der Waals surface area contributed by atoms with Crippen LogP contribution in [0.3, 0.4) is 0 Å². The molecule has 0 bridgehead atoms. The lowest BCUT2D eigenvalue weighted by Crippen LogP contribution is -2.33. The average molecular weight is 277 g/mol. The maximum atomic E-state index is 11.7. The fourth-order valence-corrected chi connectivity index (χ4v) is 1.59. The molecule has 0 fully saturated rings. The SMILES string of the molecule is N#Cc1ccc(NC(=O)NNc2cccc(C#N)c2)cc1. The Balaban J connectivity index is 1.89. The normalized spacial score (nSPS) is 9.05. The molecule has 0 aliphatic carbocycles. The Morgan fingerprint density at radius 1 is 0.905 bits per heavy atom. The Morgan fingerprint density at radius 3 is 2.29 bits per heavy atom. The third kappa shape index (κ3) is 3.98. The van der Waals surface area contributed by atoms with Crippen molar-refractivity contribution in [1.29, 1.82) is 10.5 Å². The Hall–Kier alpha value is -3.51. The number of nitriles is 2. The zero-order chi connectivity index (χ0) is 15.1. The van der Waals surface area contributed by atoms with Gasteiger partial charge in [0.25, 0.3) is 0 Å². The van der Waals surface area contributed by atoms with Crippen LogP contribution in [-0.2, 0) is 0 Å². The van der Waals surface area contributed by atoms with Crippen molar-refractivity contribution in [3.8, 4) is 12.1 Å². The fraction of sp³-hybridized carbons (Fsp3) is 0. The van der Waals surface area contributed by atoms with Crippen molar-refractivity contribution in [3.05, 3.63) is 59.7 Å². The summed E-state index contributed by atoms with van der Waals surface area (Å²) >= 11 is 0. The highest BCUT2D eigenvalue weighted by atomic mass is 16.2. The first kappa shape index (κ1) is 13.9. The molecule has 0 aliphatic rings. The maximum Gasteiger partial charge on any atom is 0.337 e. The van der Waals surface area contributed by atoms with Crippen LogP contribution in [0.4, 0.5) is 16.2 Å². The number of benzene rings is 2. The zero-order valence-corrected chi connectivity index (χ0v) is 10.9. The number of urea groups is 1. The van der Waals surface area contributed by atoms with Crippen LogP contribution in [0.5, 0.6) is 0 Å². The van der Waals surface area contributed by atoms with Crippen LogP contribution in [0.2, 0.25) is 0 Å². The molecule has 6 heteroatoms. The van der Waals surface area contributed by atoms with Crippen molar-refractivity contribution in [3.63, 3.8) is 0 Å². The number of nitrogens with one attached hydrogen (secondary N) is 3. The van der Waals surface area contributed by atoms with Gasteiger partial charge in [-0.1, -0.05) is 6.07 Å². The van der Waals surface area contributed by atoms with E-state index in [0.717, 1.165) is 0 Å². The minimum Gasteiger partial charge on any atom is -0.307 e. The number of rotatable bonds is 3. The van der Waals surface area contributed by atoms with E-state index in [0.29, 0.717) is 22.5 Å². The van der Waals surface area contributed by atoms with Gasteiger partial charge in [-0.25, -0.2) is 4.79 Å². The number of carbonyl (C=O) groups is 1. The van der Waals surface area contributed by atoms with Crippen molar-refractivity contribution < 1.29 is 4.79 Å².